The van der Waals surface area contributed by atoms with E-state index in [2.05, 4.69) is 45.2 Å². The minimum absolute atomic E-state index is 0.113. The molecule has 0 radical (unpaired) electrons. The van der Waals surface area contributed by atoms with Crippen molar-refractivity contribution in [2.45, 2.75) is 20.8 Å². The van der Waals surface area contributed by atoms with Crippen LogP contribution in [-0.2, 0) is 0 Å². The number of rotatable bonds is 3. The molecular weight excluding hydrogens is 342 g/mol. The molecule has 0 aromatic carbocycles. The highest BCUT2D eigenvalue weighted by atomic mass is 127. The maximum atomic E-state index is 5.79. The molecule has 0 spiro atoms. The van der Waals surface area contributed by atoms with Gasteiger partial charge in [-0.15, -0.1) is 0 Å². The molecule has 0 aromatic heterocycles. The van der Waals surface area contributed by atoms with Crippen LogP contribution in [0.5, 0.6) is 0 Å². The van der Waals surface area contributed by atoms with Gasteiger partial charge in [-0.25, -0.2) is 0 Å². The van der Waals surface area contributed by atoms with E-state index in [-0.39, 0.29) is 3.55 Å². The van der Waals surface area contributed by atoms with Crippen molar-refractivity contribution < 1.29 is 0 Å². The zero-order chi connectivity index (χ0) is 7.49. The Kier molecular flexibility index (Phi) is 4.96. The monoisotopic (exact) mass is 354 g/mol. The van der Waals surface area contributed by atoms with E-state index in [4.69, 9.17) is 11.5 Å². The number of alkyl halides is 2. The molecule has 0 aliphatic carbocycles. The van der Waals surface area contributed by atoms with E-state index in [1.54, 1.807) is 0 Å². The van der Waals surface area contributed by atoms with Crippen molar-refractivity contribution in [1.82, 2.24) is 0 Å². The maximum Gasteiger partial charge on any atom is 0.0771 e. The van der Waals surface area contributed by atoms with Crippen molar-refractivity contribution in [1.29, 1.82) is 0 Å². The Bertz CT molecular complexity index is 79.5. The minimum atomic E-state index is -0.113. The summed E-state index contributed by atoms with van der Waals surface area (Å²) in [5, 5.41) is 0. The number of nitrogens with two attached hydrogens (primary N) is 2. The lowest BCUT2D eigenvalue weighted by Gasteiger charge is -2.22. The molecule has 2 nitrogen and oxygen atoms in total. The van der Waals surface area contributed by atoms with E-state index in [1.165, 1.54) is 0 Å². The van der Waals surface area contributed by atoms with E-state index in [1.807, 2.05) is 6.92 Å². The summed E-state index contributed by atoms with van der Waals surface area (Å²) in [6.45, 7) is 2.74. The highest BCUT2D eigenvalue weighted by Gasteiger charge is 2.22. The average Bonchev–Trinajstić information content (AvgIpc) is 1.64. The number of halogens is 2. The fourth-order valence-electron chi connectivity index (χ4n) is 0.429. The summed E-state index contributed by atoms with van der Waals surface area (Å²) in [6, 6.07) is 0. The van der Waals surface area contributed by atoms with Gasteiger partial charge in [-0.3, -0.25) is 0 Å². The molecule has 56 valence electrons. The normalized spacial score (nSPS) is 21.0. The van der Waals surface area contributed by atoms with Crippen LogP contribution < -0.4 is 11.5 Å². The van der Waals surface area contributed by atoms with Gasteiger partial charge in [-0.05, 0) is 19.9 Å². The van der Waals surface area contributed by atoms with Crippen LogP contribution in [0.2, 0.25) is 0 Å². The Morgan fingerprint density at radius 1 is 1.67 bits per heavy atom. The molecule has 0 heterocycles. The Balaban J connectivity index is 3.59. The van der Waals surface area contributed by atoms with Gasteiger partial charge in [-0.1, -0.05) is 45.2 Å². The van der Waals surface area contributed by atoms with Crippen LogP contribution in [0.1, 0.15) is 13.3 Å². The number of hydrogen-bond acceptors (Lipinski definition) is 2. The van der Waals surface area contributed by atoms with Crippen molar-refractivity contribution >= 4 is 45.2 Å². The molecule has 0 aromatic rings. The second-order valence-electron chi connectivity index (χ2n) is 2.20. The van der Waals surface area contributed by atoms with Crippen LogP contribution in [0.3, 0.4) is 0 Å². The van der Waals surface area contributed by atoms with Crippen LogP contribution in [0.4, 0.5) is 0 Å². The van der Waals surface area contributed by atoms with Crippen molar-refractivity contribution in [2.75, 3.05) is 6.54 Å². The molecule has 0 aliphatic rings. The zero-order valence-corrected chi connectivity index (χ0v) is 9.72. The van der Waals surface area contributed by atoms with Crippen LogP contribution in [-0.4, -0.2) is 14.0 Å². The summed E-state index contributed by atoms with van der Waals surface area (Å²) in [6.07, 6.45) is 0.997. The number of hydrogen-bond donors (Lipinski definition) is 2. The first kappa shape index (κ1) is 10.4. The van der Waals surface area contributed by atoms with E-state index in [9.17, 15) is 0 Å². The molecule has 2 unspecified atom stereocenters. The summed E-state index contributed by atoms with van der Waals surface area (Å²) < 4.78 is 0.359. The van der Waals surface area contributed by atoms with Gasteiger partial charge >= 0.3 is 0 Å². The Morgan fingerprint density at radius 2 is 2.11 bits per heavy atom. The zero-order valence-electron chi connectivity index (χ0n) is 5.40. The fraction of sp³-hybridized carbons (Fsp3) is 1.00. The average molecular weight is 354 g/mol. The summed E-state index contributed by atoms with van der Waals surface area (Å²) in [4.78, 5) is 0. The first-order valence-electron chi connectivity index (χ1n) is 2.80. The lowest BCUT2D eigenvalue weighted by Crippen LogP contribution is -2.39. The summed E-state index contributed by atoms with van der Waals surface area (Å²) in [5.41, 5.74) is 11.2. The van der Waals surface area contributed by atoms with Crippen molar-refractivity contribution in [2.24, 2.45) is 11.5 Å². The first-order valence-corrected chi connectivity index (χ1v) is 5.13. The van der Waals surface area contributed by atoms with E-state index in [0.717, 1.165) is 13.0 Å². The van der Waals surface area contributed by atoms with E-state index in [0.29, 0.717) is 3.92 Å². The van der Waals surface area contributed by atoms with Crippen molar-refractivity contribution in [3.8, 4) is 0 Å². The largest absolute Gasteiger partial charge is 0.330 e. The lowest BCUT2D eigenvalue weighted by molar-refractivity contribution is 0.646. The Hall–Kier alpha value is 1.38. The summed E-state index contributed by atoms with van der Waals surface area (Å²) in [5.74, 6) is 0. The first-order chi connectivity index (χ1) is 3.98. The third-order valence-electron chi connectivity index (χ3n) is 1.03. The summed E-state index contributed by atoms with van der Waals surface area (Å²) >= 11 is 4.58. The van der Waals surface area contributed by atoms with E-state index >= 15 is 0 Å². The van der Waals surface area contributed by atoms with Gasteiger partial charge in [0, 0.05) is 3.92 Å². The van der Waals surface area contributed by atoms with Gasteiger partial charge in [0.1, 0.15) is 0 Å². The second kappa shape index (κ2) is 4.30. The fourth-order valence-corrected chi connectivity index (χ4v) is 1.10. The maximum absolute atomic E-state index is 5.79. The van der Waals surface area contributed by atoms with Crippen molar-refractivity contribution in [3.63, 3.8) is 0 Å². The lowest BCUT2D eigenvalue weighted by atomic mass is 10.2. The summed E-state index contributed by atoms with van der Waals surface area (Å²) in [7, 11) is 0. The predicted octanol–water partition coefficient (Wildman–Crippen LogP) is 1.25. The molecule has 0 amide bonds. The van der Waals surface area contributed by atoms with Gasteiger partial charge in [0.05, 0.1) is 3.55 Å². The van der Waals surface area contributed by atoms with Crippen LogP contribution in [0, 0.1) is 0 Å². The molecule has 0 aliphatic heterocycles. The molecule has 9 heavy (non-hydrogen) atoms. The highest BCUT2D eigenvalue weighted by Crippen LogP contribution is 2.24. The van der Waals surface area contributed by atoms with Gasteiger partial charge in [0.2, 0.25) is 0 Å². The van der Waals surface area contributed by atoms with Crippen LogP contribution in [0.15, 0.2) is 0 Å². The SMILES string of the molecule is CC(N)(I)C(I)CCN. The Morgan fingerprint density at radius 3 is 2.22 bits per heavy atom. The predicted molar refractivity (Wildman–Crippen MR) is 58.1 cm³/mol. The molecule has 4 N–H and O–H groups in total. The van der Waals surface area contributed by atoms with Gasteiger partial charge < -0.3 is 11.5 Å². The molecule has 0 rings (SSSR count). The quantitative estimate of drug-likeness (QED) is 0.456. The molecule has 4 heteroatoms. The van der Waals surface area contributed by atoms with E-state index < -0.39 is 0 Å². The highest BCUT2D eigenvalue weighted by molar-refractivity contribution is 14.1. The van der Waals surface area contributed by atoms with Crippen LogP contribution in [0.25, 0.3) is 0 Å². The van der Waals surface area contributed by atoms with Crippen molar-refractivity contribution in [3.05, 3.63) is 0 Å². The minimum Gasteiger partial charge on any atom is -0.330 e. The molecule has 0 bridgehead atoms. The van der Waals surface area contributed by atoms with Gasteiger partial charge in [0.25, 0.3) is 0 Å². The topological polar surface area (TPSA) is 52.0 Å². The molecule has 2 atom stereocenters. The van der Waals surface area contributed by atoms with Gasteiger partial charge in [0.15, 0.2) is 0 Å². The standard InChI is InChI=1S/C5H12I2N2/c1-5(7,9)4(6)2-3-8/h4H,2-3,8-9H2,1H3. The third-order valence-corrected chi connectivity index (χ3v) is 4.89. The van der Waals surface area contributed by atoms with Gasteiger partial charge in [-0.2, -0.15) is 0 Å². The Labute approximate surface area is 83.4 Å². The molecule has 0 fully saturated rings. The third kappa shape index (κ3) is 4.74. The molecule has 0 saturated heterocycles. The molecular formula is C5H12I2N2. The molecule has 0 saturated carbocycles. The second-order valence-corrected chi connectivity index (χ2v) is 6.02. The smallest absolute Gasteiger partial charge is 0.0771 e. The van der Waals surface area contributed by atoms with Crippen LogP contribution >= 0.6 is 45.2 Å².